The zero-order valence-electron chi connectivity index (χ0n) is 8.03. The SMILES string of the molecule is CCC(C)N1[CH]Sc2ccccc21. The molecule has 0 bridgehead atoms. The summed E-state index contributed by atoms with van der Waals surface area (Å²) in [7, 11) is 0. The first kappa shape index (κ1) is 8.95. The molecule has 0 N–H and O–H groups in total. The molecule has 1 heterocycles. The van der Waals surface area contributed by atoms with E-state index >= 15 is 0 Å². The number of nitrogens with zero attached hydrogens (tertiary/aromatic N) is 1. The number of rotatable bonds is 2. The molecule has 1 aliphatic rings. The van der Waals surface area contributed by atoms with Crippen LogP contribution in [0.15, 0.2) is 29.2 Å². The summed E-state index contributed by atoms with van der Waals surface area (Å²) in [6.07, 6.45) is 1.19. The highest BCUT2D eigenvalue weighted by atomic mass is 32.2. The molecule has 1 radical (unpaired) electrons. The van der Waals surface area contributed by atoms with Gasteiger partial charge in [0.05, 0.1) is 5.69 Å². The second kappa shape index (κ2) is 3.62. The van der Waals surface area contributed by atoms with E-state index in [-0.39, 0.29) is 0 Å². The highest BCUT2D eigenvalue weighted by Gasteiger charge is 2.22. The second-order valence-electron chi connectivity index (χ2n) is 3.36. The fourth-order valence-electron chi connectivity index (χ4n) is 1.48. The van der Waals surface area contributed by atoms with Crippen molar-refractivity contribution in [2.45, 2.75) is 31.2 Å². The second-order valence-corrected chi connectivity index (χ2v) is 4.24. The lowest BCUT2D eigenvalue weighted by molar-refractivity contribution is 0.677. The molecule has 0 aromatic heterocycles. The summed E-state index contributed by atoms with van der Waals surface area (Å²) in [4.78, 5) is 3.74. The summed E-state index contributed by atoms with van der Waals surface area (Å²) in [6, 6.07) is 9.18. The predicted octanol–water partition coefficient (Wildman–Crippen LogP) is 3.52. The first-order valence-electron chi connectivity index (χ1n) is 4.70. The average Bonchev–Trinajstić information content (AvgIpc) is 2.60. The van der Waals surface area contributed by atoms with Crippen molar-refractivity contribution in [3.63, 3.8) is 0 Å². The monoisotopic (exact) mass is 192 g/mol. The summed E-state index contributed by atoms with van der Waals surface area (Å²) in [5, 5.41) is 0. The van der Waals surface area contributed by atoms with Crippen LogP contribution in [-0.2, 0) is 0 Å². The molecule has 1 aliphatic heterocycles. The number of hydrogen-bond acceptors (Lipinski definition) is 2. The van der Waals surface area contributed by atoms with Crippen molar-refractivity contribution in [3.05, 3.63) is 30.1 Å². The summed E-state index contributed by atoms with van der Waals surface area (Å²) in [5.74, 6) is 2.22. The highest BCUT2D eigenvalue weighted by Crippen LogP contribution is 2.42. The van der Waals surface area contributed by atoms with Crippen LogP contribution in [0.2, 0.25) is 0 Å². The maximum Gasteiger partial charge on any atom is 0.110 e. The van der Waals surface area contributed by atoms with Crippen molar-refractivity contribution in [1.29, 1.82) is 0 Å². The molecule has 0 fully saturated rings. The lowest BCUT2D eigenvalue weighted by atomic mass is 10.2. The van der Waals surface area contributed by atoms with Gasteiger partial charge in [0.25, 0.3) is 0 Å². The molecule has 2 rings (SSSR count). The van der Waals surface area contributed by atoms with Gasteiger partial charge in [-0.05, 0) is 25.5 Å². The summed E-state index contributed by atoms with van der Waals surface area (Å²) in [6.45, 7) is 4.49. The Morgan fingerprint density at radius 3 is 2.92 bits per heavy atom. The Balaban J connectivity index is 2.28. The van der Waals surface area contributed by atoms with Crippen LogP contribution in [0.4, 0.5) is 5.69 Å². The quantitative estimate of drug-likeness (QED) is 0.705. The van der Waals surface area contributed by atoms with Crippen molar-refractivity contribution in [2.24, 2.45) is 0 Å². The number of hydrogen-bond donors (Lipinski definition) is 0. The number of thioether (sulfide) groups is 1. The normalized spacial score (nSPS) is 17.2. The Morgan fingerprint density at radius 1 is 1.38 bits per heavy atom. The van der Waals surface area contributed by atoms with E-state index in [1.807, 2.05) is 11.8 Å². The molecule has 2 heteroatoms. The fourth-order valence-corrected chi connectivity index (χ4v) is 2.48. The van der Waals surface area contributed by atoms with Gasteiger partial charge in [-0.2, -0.15) is 0 Å². The average molecular weight is 192 g/mol. The predicted molar refractivity (Wildman–Crippen MR) is 58.8 cm³/mol. The van der Waals surface area contributed by atoms with E-state index in [1.54, 1.807) is 0 Å². The molecule has 1 unspecified atom stereocenters. The molecule has 1 nitrogen and oxygen atoms in total. The van der Waals surface area contributed by atoms with Crippen molar-refractivity contribution < 1.29 is 0 Å². The van der Waals surface area contributed by atoms with Gasteiger partial charge in [-0.1, -0.05) is 30.8 Å². The third-order valence-corrected chi connectivity index (χ3v) is 3.43. The Hall–Kier alpha value is -0.630. The van der Waals surface area contributed by atoms with Crippen LogP contribution in [0.25, 0.3) is 0 Å². The van der Waals surface area contributed by atoms with Crippen molar-refractivity contribution in [1.82, 2.24) is 0 Å². The van der Waals surface area contributed by atoms with Gasteiger partial charge < -0.3 is 4.90 Å². The molecule has 69 valence electrons. The fraction of sp³-hybridized carbons (Fsp3) is 0.364. The maximum atomic E-state index is 2.36. The van der Waals surface area contributed by atoms with Gasteiger partial charge >= 0.3 is 0 Å². The van der Waals surface area contributed by atoms with E-state index < -0.39 is 0 Å². The Labute approximate surface area is 84.1 Å². The summed E-state index contributed by atoms with van der Waals surface area (Å²) >= 11 is 1.82. The van der Waals surface area contributed by atoms with Crippen LogP contribution in [0.5, 0.6) is 0 Å². The van der Waals surface area contributed by atoms with Crippen molar-refractivity contribution >= 4 is 17.4 Å². The van der Waals surface area contributed by atoms with Gasteiger partial charge in [0, 0.05) is 10.9 Å². The van der Waals surface area contributed by atoms with E-state index in [0.29, 0.717) is 6.04 Å². The van der Waals surface area contributed by atoms with E-state index in [9.17, 15) is 0 Å². The van der Waals surface area contributed by atoms with Gasteiger partial charge in [0.2, 0.25) is 0 Å². The summed E-state index contributed by atoms with van der Waals surface area (Å²) < 4.78 is 0. The van der Waals surface area contributed by atoms with E-state index in [4.69, 9.17) is 0 Å². The molecule has 1 atom stereocenters. The number of para-hydroxylation sites is 1. The highest BCUT2D eigenvalue weighted by molar-refractivity contribution is 8.01. The van der Waals surface area contributed by atoms with Crippen LogP contribution in [0.1, 0.15) is 20.3 Å². The molecule has 0 aliphatic carbocycles. The minimum Gasteiger partial charge on any atom is -0.353 e. The van der Waals surface area contributed by atoms with Crippen LogP contribution < -0.4 is 4.90 Å². The van der Waals surface area contributed by atoms with Crippen molar-refractivity contribution in [2.75, 3.05) is 4.90 Å². The molecular weight excluding hydrogens is 178 g/mol. The molecule has 1 aromatic carbocycles. The standard InChI is InChI=1S/C11H14NS/c1-3-9(2)12-8-13-11-7-5-4-6-10(11)12/h4-9H,3H2,1-2H3. The van der Waals surface area contributed by atoms with Crippen LogP contribution in [0.3, 0.4) is 0 Å². The third-order valence-electron chi connectivity index (χ3n) is 2.50. The van der Waals surface area contributed by atoms with Crippen molar-refractivity contribution in [3.8, 4) is 0 Å². The maximum absolute atomic E-state index is 2.36. The first-order valence-corrected chi connectivity index (χ1v) is 5.58. The Kier molecular flexibility index (Phi) is 2.49. The van der Waals surface area contributed by atoms with Gasteiger partial charge in [0.15, 0.2) is 0 Å². The lowest BCUT2D eigenvalue weighted by Crippen LogP contribution is -2.26. The molecule has 0 saturated heterocycles. The number of anilines is 1. The smallest absolute Gasteiger partial charge is 0.110 e. The molecule has 1 aromatic rings. The van der Waals surface area contributed by atoms with E-state index in [0.717, 1.165) is 0 Å². The molecule has 0 amide bonds. The minimum absolute atomic E-state index is 0.608. The largest absolute Gasteiger partial charge is 0.353 e. The van der Waals surface area contributed by atoms with E-state index in [2.05, 4.69) is 48.9 Å². The van der Waals surface area contributed by atoms with Gasteiger partial charge in [0.1, 0.15) is 5.88 Å². The molecule has 0 spiro atoms. The zero-order chi connectivity index (χ0) is 9.26. The van der Waals surface area contributed by atoms with Gasteiger partial charge in [-0.3, -0.25) is 0 Å². The van der Waals surface area contributed by atoms with Crippen LogP contribution >= 0.6 is 11.8 Å². The van der Waals surface area contributed by atoms with Gasteiger partial charge in [-0.15, -0.1) is 0 Å². The Bertz CT molecular complexity index is 298. The third kappa shape index (κ3) is 1.55. The molecule has 13 heavy (non-hydrogen) atoms. The molecule has 0 saturated carbocycles. The van der Waals surface area contributed by atoms with Crippen LogP contribution in [0, 0.1) is 5.88 Å². The minimum atomic E-state index is 0.608. The lowest BCUT2D eigenvalue weighted by Gasteiger charge is -2.24. The zero-order valence-corrected chi connectivity index (χ0v) is 8.84. The number of fused-ring (bicyclic) bond motifs is 1. The van der Waals surface area contributed by atoms with Crippen LogP contribution in [-0.4, -0.2) is 6.04 Å². The molecular formula is C11H14NS. The number of benzene rings is 1. The summed E-state index contributed by atoms with van der Waals surface area (Å²) in [5.41, 5.74) is 1.36. The van der Waals surface area contributed by atoms with E-state index in [1.165, 1.54) is 17.0 Å². The van der Waals surface area contributed by atoms with Gasteiger partial charge in [-0.25, -0.2) is 0 Å². The topological polar surface area (TPSA) is 3.24 Å². The first-order chi connectivity index (χ1) is 6.33. The Morgan fingerprint density at radius 2 is 2.15 bits per heavy atom.